The van der Waals surface area contributed by atoms with E-state index in [1.165, 1.54) is 0 Å². The van der Waals surface area contributed by atoms with Crippen molar-refractivity contribution in [1.82, 2.24) is 0 Å². The molecule has 0 spiro atoms. The minimum atomic E-state index is -1.02. The number of anilines is 1. The second kappa shape index (κ2) is 6.85. The van der Waals surface area contributed by atoms with Crippen LogP contribution in [-0.2, 0) is 19.1 Å². The summed E-state index contributed by atoms with van der Waals surface area (Å²) in [4.78, 5) is 22.6. The molecule has 0 bridgehead atoms. The summed E-state index contributed by atoms with van der Waals surface area (Å²) >= 11 is 5.63. The maximum absolute atomic E-state index is 13.3. The molecule has 1 aromatic carbocycles. The van der Waals surface area contributed by atoms with E-state index >= 15 is 0 Å². The molecule has 0 aromatic heterocycles. The van der Waals surface area contributed by atoms with Crippen molar-refractivity contribution in [2.45, 2.75) is 0 Å². The van der Waals surface area contributed by atoms with Crippen LogP contribution in [0.2, 0.25) is 5.02 Å². The summed E-state index contributed by atoms with van der Waals surface area (Å²) in [6, 6.07) is 1.44. The third kappa shape index (κ3) is 3.92. The van der Waals surface area contributed by atoms with Crippen molar-refractivity contribution in [2.75, 3.05) is 19.5 Å². The Labute approximate surface area is 118 Å². The molecular formula is C12H10ClF2NO4. The third-order valence-corrected chi connectivity index (χ3v) is 2.52. The van der Waals surface area contributed by atoms with Gasteiger partial charge in [0.2, 0.25) is 0 Å². The van der Waals surface area contributed by atoms with E-state index in [2.05, 4.69) is 14.8 Å². The number of rotatable bonds is 4. The van der Waals surface area contributed by atoms with E-state index in [0.717, 1.165) is 26.4 Å². The summed E-state index contributed by atoms with van der Waals surface area (Å²) in [5, 5.41) is 1.88. The molecule has 0 radical (unpaired) electrons. The lowest BCUT2D eigenvalue weighted by Crippen LogP contribution is -2.16. The Morgan fingerprint density at radius 2 is 1.90 bits per heavy atom. The first-order valence-corrected chi connectivity index (χ1v) is 5.56. The van der Waals surface area contributed by atoms with Gasteiger partial charge in [0.1, 0.15) is 17.3 Å². The zero-order valence-corrected chi connectivity index (χ0v) is 11.3. The SMILES string of the molecule is COC(=O)/C=C(/Nc1cc(F)cc(F)c1Cl)C(=O)OC. The van der Waals surface area contributed by atoms with Gasteiger partial charge in [0.15, 0.2) is 0 Å². The van der Waals surface area contributed by atoms with E-state index in [-0.39, 0.29) is 11.4 Å². The topological polar surface area (TPSA) is 64.6 Å². The Morgan fingerprint density at radius 3 is 2.45 bits per heavy atom. The summed E-state index contributed by atoms with van der Waals surface area (Å²) < 4.78 is 35.1. The Morgan fingerprint density at radius 1 is 1.25 bits per heavy atom. The summed E-state index contributed by atoms with van der Waals surface area (Å²) in [5.74, 6) is -3.71. The Kier molecular flexibility index (Phi) is 5.45. The molecule has 0 amide bonds. The Balaban J connectivity index is 3.17. The fourth-order valence-corrected chi connectivity index (χ4v) is 1.38. The first-order chi connectivity index (χ1) is 9.38. The Bertz CT molecular complexity index is 575. The fourth-order valence-electron chi connectivity index (χ4n) is 1.22. The van der Waals surface area contributed by atoms with Gasteiger partial charge in [-0.1, -0.05) is 11.6 Å². The lowest BCUT2D eigenvalue weighted by molar-refractivity contribution is -0.138. The number of nitrogens with one attached hydrogen (secondary N) is 1. The highest BCUT2D eigenvalue weighted by Crippen LogP contribution is 2.27. The highest BCUT2D eigenvalue weighted by atomic mass is 35.5. The van der Waals surface area contributed by atoms with Crippen LogP contribution in [0.5, 0.6) is 0 Å². The minimum absolute atomic E-state index is 0.232. The Hall–Kier alpha value is -2.15. The van der Waals surface area contributed by atoms with Crippen molar-refractivity contribution in [3.63, 3.8) is 0 Å². The third-order valence-electron chi connectivity index (χ3n) is 2.13. The maximum atomic E-state index is 13.3. The second-order valence-electron chi connectivity index (χ2n) is 3.45. The average molecular weight is 306 g/mol. The van der Waals surface area contributed by atoms with Gasteiger partial charge >= 0.3 is 11.9 Å². The van der Waals surface area contributed by atoms with Crippen molar-refractivity contribution >= 4 is 29.2 Å². The first kappa shape index (κ1) is 15.9. The number of benzene rings is 1. The predicted molar refractivity (Wildman–Crippen MR) is 67.1 cm³/mol. The zero-order chi connectivity index (χ0) is 15.3. The lowest BCUT2D eigenvalue weighted by atomic mass is 10.2. The molecule has 0 unspecified atom stereocenters. The van der Waals surface area contributed by atoms with Crippen LogP contribution in [0.4, 0.5) is 14.5 Å². The molecule has 0 heterocycles. The lowest BCUT2D eigenvalue weighted by Gasteiger charge is -2.11. The average Bonchev–Trinajstić information content (AvgIpc) is 2.42. The molecule has 108 valence electrons. The van der Waals surface area contributed by atoms with Crippen LogP contribution in [0.3, 0.4) is 0 Å². The van der Waals surface area contributed by atoms with Gasteiger partial charge in [-0.25, -0.2) is 18.4 Å². The van der Waals surface area contributed by atoms with Crippen molar-refractivity contribution < 1.29 is 27.8 Å². The molecule has 0 aliphatic carbocycles. The normalized spacial score (nSPS) is 10.9. The van der Waals surface area contributed by atoms with Gasteiger partial charge in [-0.15, -0.1) is 0 Å². The second-order valence-corrected chi connectivity index (χ2v) is 3.82. The maximum Gasteiger partial charge on any atom is 0.354 e. The van der Waals surface area contributed by atoms with Crippen LogP contribution in [0, 0.1) is 11.6 Å². The molecule has 1 N–H and O–H groups in total. The standard InChI is InChI=1S/C12H10ClF2NO4/c1-19-10(17)5-9(12(18)20-2)16-8-4-6(14)3-7(15)11(8)13/h3-5,16H,1-2H3/b9-5+. The van der Waals surface area contributed by atoms with Crippen LogP contribution in [-0.4, -0.2) is 26.2 Å². The number of methoxy groups -OCH3 is 2. The number of ether oxygens (including phenoxy) is 2. The molecule has 1 aromatic rings. The highest BCUT2D eigenvalue weighted by molar-refractivity contribution is 6.33. The largest absolute Gasteiger partial charge is 0.466 e. The zero-order valence-electron chi connectivity index (χ0n) is 10.5. The van der Waals surface area contributed by atoms with Crippen molar-refractivity contribution in [1.29, 1.82) is 0 Å². The number of hydrogen-bond donors (Lipinski definition) is 1. The molecule has 0 fully saturated rings. The molecule has 0 aliphatic rings. The number of halogens is 3. The van der Waals surface area contributed by atoms with E-state index in [9.17, 15) is 18.4 Å². The first-order valence-electron chi connectivity index (χ1n) is 5.18. The van der Waals surface area contributed by atoms with Gasteiger partial charge in [-0.05, 0) is 6.07 Å². The van der Waals surface area contributed by atoms with Gasteiger partial charge in [0.25, 0.3) is 0 Å². The molecule has 1 rings (SSSR count). The van der Waals surface area contributed by atoms with Gasteiger partial charge in [0, 0.05) is 6.07 Å². The van der Waals surface area contributed by atoms with E-state index in [0.29, 0.717) is 6.07 Å². The van der Waals surface area contributed by atoms with Crippen molar-refractivity contribution in [2.24, 2.45) is 0 Å². The van der Waals surface area contributed by atoms with Gasteiger partial charge < -0.3 is 14.8 Å². The summed E-state index contributed by atoms with van der Waals surface area (Å²) in [6.07, 6.45) is 0.769. The van der Waals surface area contributed by atoms with Gasteiger partial charge in [0.05, 0.1) is 31.0 Å². The minimum Gasteiger partial charge on any atom is -0.466 e. The molecule has 5 nitrogen and oxygen atoms in total. The number of hydrogen-bond acceptors (Lipinski definition) is 5. The monoisotopic (exact) mass is 305 g/mol. The molecule has 0 saturated heterocycles. The summed E-state index contributed by atoms with van der Waals surface area (Å²) in [6.45, 7) is 0. The smallest absolute Gasteiger partial charge is 0.354 e. The van der Waals surface area contributed by atoms with Gasteiger partial charge in [-0.2, -0.15) is 0 Å². The van der Waals surface area contributed by atoms with Crippen molar-refractivity contribution in [3.05, 3.63) is 40.6 Å². The molecule has 8 heteroatoms. The van der Waals surface area contributed by atoms with Crippen LogP contribution in [0.1, 0.15) is 0 Å². The fraction of sp³-hybridized carbons (Fsp3) is 0.167. The van der Waals surface area contributed by atoms with Gasteiger partial charge in [-0.3, -0.25) is 0 Å². The summed E-state index contributed by atoms with van der Waals surface area (Å²) in [7, 11) is 2.17. The molecular weight excluding hydrogens is 296 g/mol. The number of carbonyl (C=O) groups excluding carboxylic acids is 2. The van der Waals surface area contributed by atoms with E-state index in [4.69, 9.17) is 11.6 Å². The number of carbonyl (C=O) groups is 2. The van der Waals surface area contributed by atoms with E-state index < -0.39 is 28.6 Å². The van der Waals surface area contributed by atoms with E-state index in [1.807, 2.05) is 0 Å². The highest BCUT2D eigenvalue weighted by Gasteiger charge is 2.16. The molecule has 0 atom stereocenters. The molecule has 20 heavy (non-hydrogen) atoms. The van der Waals surface area contributed by atoms with Crippen LogP contribution >= 0.6 is 11.6 Å². The quantitative estimate of drug-likeness (QED) is 0.525. The van der Waals surface area contributed by atoms with Crippen molar-refractivity contribution in [3.8, 4) is 0 Å². The predicted octanol–water partition coefficient (Wildman–Crippen LogP) is 2.26. The number of esters is 2. The van der Waals surface area contributed by atoms with E-state index in [1.54, 1.807) is 0 Å². The van der Waals surface area contributed by atoms with Crippen LogP contribution in [0.15, 0.2) is 23.9 Å². The van der Waals surface area contributed by atoms with Crippen LogP contribution in [0.25, 0.3) is 0 Å². The summed E-state index contributed by atoms with van der Waals surface area (Å²) in [5.41, 5.74) is -0.615. The van der Waals surface area contributed by atoms with Crippen LogP contribution < -0.4 is 5.32 Å². The molecule has 0 aliphatic heterocycles. The molecule has 0 saturated carbocycles.